The van der Waals surface area contributed by atoms with Crippen LogP contribution in [0.1, 0.15) is 59.3 Å². The van der Waals surface area contributed by atoms with E-state index in [4.69, 9.17) is 4.74 Å². The molecule has 0 aromatic carbocycles. The smallest absolute Gasteiger partial charge is 0.306 e. The molecule has 0 saturated carbocycles. The SMILES string of the molecule is CC[C@H](C[C@H](O)C(C)C)OC(=O)CCCC1SCCCS1. The number of rotatable bonds is 9. The Morgan fingerprint density at radius 2 is 2.00 bits per heavy atom. The van der Waals surface area contributed by atoms with Gasteiger partial charge in [-0.1, -0.05) is 20.8 Å². The van der Waals surface area contributed by atoms with Crippen LogP contribution in [0.25, 0.3) is 0 Å². The average Bonchev–Trinajstić information content (AvgIpc) is 2.47. The molecule has 21 heavy (non-hydrogen) atoms. The Hall–Kier alpha value is 0.130. The number of carbonyl (C=O) groups is 1. The number of aliphatic hydroxyl groups is 1. The van der Waals surface area contributed by atoms with Crippen LogP contribution in [0.5, 0.6) is 0 Å². The Labute approximate surface area is 138 Å². The van der Waals surface area contributed by atoms with E-state index in [1.54, 1.807) is 0 Å². The summed E-state index contributed by atoms with van der Waals surface area (Å²) in [7, 11) is 0. The van der Waals surface area contributed by atoms with Crippen molar-refractivity contribution in [3.63, 3.8) is 0 Å². The van der Waals surface area contributed by atoms with E-state index in [2.05, 4.69) is 0 Å². The van der Waals surface area contributed by atoms with E-state index in [-0.39, 0.29) is 18.0 Å². The lowest BCUT2D eigenvalue weighted by molar-refractivity contribution is -0.151. The first-order valence-corrected chi connectivity index (χ1v) is 10.2. The van der Waals surface area contributed by atoms with Crippen molar-refractivity contribution in [1.29, 1.82) is 0 Å². The summed E-state index contributed by atoms with van der Waals surface area (Å²) < 4.78 is 6.16. The first-order chi connectivity index (χ1) is 10.0. The van der Waals surface area contributed by atoms with Crippen LogP contribution >= 0.6 is 23.5 Å². The summed E-state index contributed by atoms with van der Waals surface area (Å²) in [6.45, 7) is 5.97. The highest BCUT2D eigenvalue weighted by Gasteiger charge is 2.20. The highest BCUT2D eigenvalue weighted by atomic mass is 32.2. The molecule has 0 unspecified atom stereocenters. The fraction of sp³-hybridized carbons (Fsp3) is 0.938. The normalized spacial score (nSPS) is 19.5. The van der Waals surface area contributed by atoms with Gasteiger partial charge < -0.3 is 9.84 Å². The molecule has 1 saturated heterocycles. The lowest BCUT2D eigenvalue weighted by Crippen LogP contribution is -2.26. The number of esters is 1. The number of aliphatic hydroxyl groups excluding tert-OH is 1. The maximum Gasteiger partial charge on any atom is 0.306 e. The Bertz CT molecular complexity index is 291. The van der Waals surface area contributed by atoms with E-state index in [0.717, 1.165) is 19.3 Å². The molecule has 124 valence electrons. The minimum atomic E-state index is -0.391. The number of ether oxygens (including phenoxy) is 1. The molecule has 1 heterocycles. The molecule has 1 aliphatic rings. The second-order valence-corrected chi connectivity index (χ2v) is 8.90. The van der Waals surface area contributed by atoms with E-state index in [9.17, 15) is 9.90 Å². The van der Waals surface area contributed by atoms with Crippen LogP contribution in [0.3, 0.4) is 0 Å². The van der Waals surface area contributed by atoms with Gasteiger partial charge in [-0.15, -0.1) is 23.5 Å². The third kappa shape index (κ3) is 8.36. The fourth-order valence-corrected chi connectivity index (χ4v) is 5.16. The van der Waals surface area contributed by atoms with Crippen molar-refractivity contribution >= 4 is 29.5 Å². The fourth-order valence-electron chi connectivity index (χ4n) is 2.20. The maximum atomic E-state index is 11.9. The highest BCUT2D eigenvalue weighted by Crippen LogP contribution is 2.33. The van der Waals surface area contributed by atoms with Crippen molar-refractivity contribution in [2.24, 2.45) is 5.92 Å². The predicted molar refractivity (Wildman–Crippen MR) is 92.8 cm³/mol. The van der Waals surface area contributed by atoms with Crippen LogP contribution in [0.4, 0.5) is 0 Å². The van der Waals surface area contributed by atoms with Gasteiger partial charge in [0.15, 0.2) is 0 Å². The molecule has 0 amide bonds. The van der Waals surface area contributed by atoms with Gasteiger partial charge in [0.05, 0.1) is 10.7 Å². The second-order valence-electron chi connectivity index (χ2n) is 5.98. The molecule has 2 atom stereocenters. The molecule has 3 nitrogen and oxygen atoms in total. The molecule has 0 bridgehead atoms. The topological polar surface area (TPSA) is 46.5 Å². The van der Waals surface area contributed by atoms with Gasteiger partial charge >= 0.3 is 5.97 Å². The number of hydrogen-bond acceptors (Lipinski definition) is 5. The number of hydrogen-bond donors (Lipinski definition) is 1. The predicted octanol–water partition coefficient (Wildman–Crippen LogP) is 4.08. The third-order valence-electron chi connectivity index (χ3n) is 3.74. The minimum absolute atomic E-state index is 0.108. The maximum absolute atomic E-state index is 11.9. The van der Waals surface area contributed by atoms with Gasteiger partial charge in [-0.2, -0.15) is 0 Å². The van der Waals surface area contributed by atoms with E-state index in [1.807, 2.05) is 44.3 Å². The molecule has 0 aromatic heterocycles. The Morgan fingerprint density at radius 3 is 2.57 bits per heavy atom. The average molecular weight is 335 g/mol. The molecule has 1 rings (SSSR count). The Kier molecular flexibility index (Phi) is 9.85. The lowest BCUT2D eigenvalue weighted by Gasteiger charge is -2.22. The van der Waals surface area contributed by atoms with Gasteiger partial charge in [0, 0.05) is 12.8 Å². The van der Waals surface area contributed by atoms with Crippen LogP contribution in [-0.4, -0.2) is 39.4 Å². The quantitative estimate of drug-likeness (QED) is 0.644. The molecular weight excluding hydrogens is 304 g/mol. The van der Waals surface area contributed by atoms with Gasteiger partial charge in [0.1, 0.15) is 6.10 Å². The van der Waals surface area contributed by atoms with Crippen LogP contribution < -0.4 is 0 Å². The largest absolute Gasteiger partial charge is 0.462 e. The zero-order valence-electron chi connectivity index (χ0n) is 13.5. The van der Waals surface area contributed by atoms with Crippen molar-refractivity contribution < 1.29 is 14.6 Å². The molecule has 1 N–H and O–H groups in total. The summed E-state index contributed by atoms with van der Waals surface area (Å²) in [6.07, 6.45) is 4.60. The minimum Gasteiger partial charge on any atom is -0.462 e. The van der Waals surface area contributed by atoms with Gasteiger partial charge in [-0.25, -0.2) is 0 Å². The standard InChI is InChI=1S/C16H30O3S2/c1-4-13(11-14(17)12(2)3)19-15(18)7-5-8-16-20-9-6-10-21-16/h12-14,16-17H,4-11H2,1-3H3/t13-,14+/m1/s1. The number of carbonyl (C=O) groups excluding carboxylic acids is 1. The van der Waals surface area contributed by atoms with Gasteiger partial charge in [0.25, 0.3) is 0 Å². The zero-order chi connectivity index (χ0) is 15.7. The van der Waals surface area contributed by atoms with Crippen molar-refractivity contribution in [3.8, 4) is 0 Å². The van der Waals surface area contributed by atoms with E-state index >= 15 is 0 Å². The van der Waals surface area contributed by atoms with E-state index in [0.29, 0.717) is 17.4 Å². The van der Waals surface area contributed by atoms with Crippen molar-refractivity contribution in [3.05, 3.63) is 0 Å². The summed E-state index contributed by atoms with van der Waals surface area (Å²) in [5.41, 5.74) is 0. The first-order valence-electron chi connectivity index (χ1n) is 8.13. The summed E-state index contributed by atoms with van der Waals surface area (Å²) in [5.74, 6) is 2.61. The van der Waals surface area contributed by atoms with E-state index < -0.39 is 6.10 Å². The van der Waals surface area contributed by atoms with Crippen LogP contribution in [-0.2, 0) is 9.53 Å². The Balaban J connectivity index is 2.18. The molecule has 0 radical (unpaired) electrons. The van der Waals surface area contributed by atoms with Crippen molar-refractivity contribution in [2.75, 3.05) is 11.5 Å². The zero-order valence-corrected chi connectivity index (χ0v) is 15.2. The van der Waals surface area contributed by atoms with E-state index in [1.165, 1.54) is 17.9 Å². The molecule has 0 aliphatic carbocycles. The molecule has 1 aliphatic heterocycles. The lowest BCUT2D eigenvalue weighted by atomic mass is 10.00. The number of thioether (sulfide) groups is 2. The van der Waals surface area contributed by atoms with Crippen LogP contribution in [0.2, 0.25) is 0 Å². The summed E-state index contributed by atoms with van der Waals surface area (Å²) in [4.78, 5) is 11.9. The first kappa shape index (κ1) is 19.2. The van der Waals surface area contributed by atoms with Gasteiger partial charge in [-0.05, 0) is 43.1 Å². The Morgan fingerprint density at radius 1 is 1.33 bits per heavy atom. The van der Waals surface area contributed by atoms with Gasteiger partial charge in [-0.3, -0.25) is 4.79 Å². The van der Waals surface area contributed by atoms with Crippen molar-refractivity contribution in [1.82, 2.24) is 0 Å². The molecule has 1 fully saturated rings. The summed E-state index contributed by atoms with van der Waals surface area (Å²) in [5, 5.41) is 9.89. The van der Waals surface area contributed by atoms with Crippen LogP contribution in [0.15, 0.2) is 0 Å². The highest BCUT2D eigenvalue weighted by molar-refractivity contribution is 8.17. The van der Waals surface area contributed by atoms with Crippen LogP contribution in [0, 0.1) is 5.92 Å². The molecule has 5 heteroatoms. The molecule has 0 aromatic rings. The monoisotopic (exact) mass is 334 g/mol. The van der Waals surface area contributed by atoms with Gasteiger partial charge in [0.2, 0.25) is 0 Å². The molecule has 0 spiro atoms. The summed E-state index contributed by atoms with van der Waals surface area (Å²) in [6, 6.07) is 0. The van der Waals surface area contributed by atoms with Crippen molar-refractivity contribution in [2.45, 2.75) is 76.1 Å². The summed E-state index contributed by atoms with van der Waals surface area (Å²) >= 11 is 4.05. The third-order valence-corrected chi connectivity index (χ3v) is 6.82. The second kappa shape index (κ2) is 10.8. The molecular formula is C16H30O3S2.